The van der Waals surface area contributed by atoms with Crippen molar-refractivity contribution < 1.29 is 4.79 Å². The molecule has 0 radical (unpaired) electrons. The molecule has 0 bridgehead atoms. The molecule has 3 heterocycles. The molecule has 1 N–H and O–H groups in total. The minimum Gasteiger partial charge on any atom is -0.355 e. The van der Waals surface area contributed by atoms with Crippen LogP contribution in [-0.4, -0.2) is 22.4 Å². The first-order valence-corrected chi connectivity index (χ1v) is 9.09. The number of carbonyl (C=O) groups is 1. The van der Waals surface area contributed by atoms with Crippen LogP contribution in [0.2, 0.25) is 0 Å². The van der Waals surface area contributed by atoms with Crippen LogP contribution in [0.25, 0.3) is 10.7 Å². The Morgan fingerprint density at radius 3 is 2.91 bits per heavy atom. The zero-order chi connectivity index (χ0) is 16.1. The summed E-state index contributed by atoms with van der Waals surface area (Å²) in [5.74, 6) is 0.0690. The molecule has 118 valence electrons. The van der Waals surface area contributed by atoms with E-state index in [1.54, 1.807) is 28.9 Å². The van der Waals surface area contributed by atoms with Gasteiger partial charge in [-0.15, -0.1) is 22.7 Å². The van der Waals surface area contributed by atoms with Crippen molar-refractivity contribution in [2.45, 2.75) is 19.8 Å². The van der Waals surface area contributed by atoms with Crippen molar-refractivity contribution in [2.75, 3.05) is 6.54 Å². The summed E-state index contributed by atoms with van der Waals surface area (Å²) in [5.41, 5.74) is 1.91. The van der Waals surface area contributed by atoms with Crippen molar-refractivity contribution in [3.63, 3.8) is 0 Å². The van der Waals surface area contributed by atoms with Crippen LogP contribution in [0.4, 0.5) is 0 Å². The van der Waals surface area contributed by atoms with E-state index in [4.69, 9.17) is 0 Å². The third-order valence-corrected chi connectivity index (χ3v) is 5.48. The predicted molar refractivity (Wildman–Crippen MR) is 94.8 cm³/mol. The Balaban J connectivity index is 1.54. The summed E-state index contributed by atoms with van der Waals surface area (Å²) >= 11 is 3.26. The lowest BCUT2D eigenvalue weighted by molar-refractivity contribution is -0.120. The van der Waals surface area contributed by atoms with Gasteiger partial charge in [-0.2, -0.15) is 0 Å². The Labute approximate surface area is 143 Å². The maximum Gasteiger partial charge on any atom is 0.225 e. The van der Waals surface area contributed by atoms with Crippen molar-refractivity contribution in [2.24, 2.45) is 0 Å². The summed E-state index contributed by atoms with van der Waals surface area (Å²) < 4.78 is 0. The molecule has 0 spiro atoms. The molecule has 23 heavy (non-hydrogen) atoms. The molecule has 1 amide bonds. The van der Waals surface area contributed by atoms with E-state index in [9.17, 15) is 4.79 Å². The highest BCUT2D eigenvalue weighted by molar-refractivity contribution is 7.15. The number of pyridine rings is 1. The number of aromatic nitrogens is 2. The lowest BCUT2D eigenvalue weighted by Crippen LogP contribution is -2.26. The van der Waals surface area contributed by atoms with Gasteiger partial charge in [0.15, 0.2) is 0 Å². The fourth-order valence-corrected chi connectivity index (χ4v) is 3.95. The van der Waals surface area contributed by atoms with Gasteiger partial charge in [-0.1, -0.05) is 12.1 Å². The maximum absolute atomic E-state index is 11.9. The summed E-state index contributed by atoms with van der Waals surface area (Å²) in [6.07, 6.45) is 3.03. The molecule has 0 atom stereocenters. The van der Waals surface area contributed by atoms with Gasteiger partial charge in [-0.05, 0) is 30.5 Å². The largest absolute Gasteiger partial charge is 0.355 e. The first kappa shape index (κ1) is 15.8. The minimum absolute atomic E-state index is 0.0690. The monoisotopic (exact) mass is 343 g/mol. The molecule has 6 heteroatoms. The second kappa shape index (κ2) is 7.48. The van der Waals surface area contributed by atoms with Gasteiger partial charge in [0.05, 0.1) is 17.8 Å². The van der Waals surface area contributed by atoms with Crippen LogP contribution < -0.4 is 5.32 Å². The molecule has 3 aromatic rings. The Hall–Kier alpha value is -2.05. The Kier molecular flexibility index (Phi) is 5.15. The maximum atomic E-state index is 11.9. The van der Waals surface area contributed by atoms with Gasteiger partial charge in [0, 0.05) is 28.9 Å². The lowest BCUT2D eigenvalue weighted by Gasteiger charge is -2.03. The number of thiophene rings is 1. The average molecular weight is 343 g/mol. The first-order valence-electron chi connectivity index (χ1n) is 7.39. The van der Waals surface area contributed by atoms with E-state index in [-0.39, 0.29) is 5.91 Å². The zero-order valence-corrected chi connectivity index (χ0v) is 14.4. The van der Waals surface area contributed by atoms with Gasteiger partial charge in [-0.3, -0.25) is 9.78 Å². The number of hydrogen-bond acceptors (Lipinski definition) is 5. The van der Waals surface area contributed by atoms with E-state index in [0.717, 1.165) is 27.7 Å². The summed E-state index contributed by atoms with van der Waals surface area (Å²) in [6.45, 7) is 2.64. The number of carbonyl (C=O) groups excluding carboxylic acids is 1. The second-order valence-corrected chi connectivity index (χ2v) is 7.21. The normalized spacial score (nSPS) is 10.7. The number of nitrogens with zero attached hydrogens (tertiary/aromatic N) is 2. The van der Waals surface area contributed by atoms with Crippen molar-refractivity contribution >= 4 is 28.6 Å². The van der Waals surface area contributed by atoms with Crippen molar-refractivity contribution in [3.05, 3.63) is 57.4 Å². The van der Waals surface area contributed by atoms with Crippen LogP contribution in [0.15, 0.2) is 41.9 Å². The topological polar surface area (TPSA) is 54.9 Å². The smallest absolute Gasteiger partial charge is 0.225 e. The highest BCUT2D eigenvalue weighted by Crippen LogP contribution is 2.26. The van der Waals surface area contributed by atoms with Crippen LogP contribution in [0, 0.1) is 6.92 Å². The molecule has 0 fully saturated rings. The van der Waals surface area contributed by atoms with Gasteiger partial charge >= 0.3 is 0 Å². The van der Waals surface area contributed by atoms with Crippen molar-refractivity contribution in [3.8, 4) is 10.7 Å². The number of aryl methyl sites for hydroxylation is 1. The van der Waals surface area contributed by atoms with E-state index >= 15 is 0 Å². The standard InChI is InChI=1S/C17H17N3OS2/c1-12-15(23-17(20-12)14-6-2-3-8-18-14)7-9-19-16(21)11-13-5-4-10-22-13/h2-6,8,10H,7,9,11H2,1H3,(H,19,21). The molecular formula is C17H17N3OS2. The minimum atomic E-state index is 0.0690. The quantitative estimate of drug-likeness (QED) is 0.745. The summed E-state index contributed by atoms with van der Waals surface area (Å²) in [4.78, 5) is 23.1. The molecule has 0 aromatic carbocycles. The van der Waals surface area contributed by atoms with Crippen molar-refractivity contribution in [1.29, 1.82) is 0 Å². The van der Waals surface area contributed by atoms with E-state index in [0.29, 0.717) is 13.0 Å². The highest BCUT2D eigenvalue weighted by atomic mass is 32.1. The van der Waals surface area contributed by atoms with E-state index in [2.05, 4.69) is 15.3 Å². The summed E-state index contributed by atoms with van der Waals surface area (Å²) in [7, 11) is 0. The number of amides is 1. The first-order chi connectivity index (χ1) is 11.2. The van der Waals surface area contributed by atoms with Gasteiger partial charge in [0.1, 0.15) is 5.01 Å². The summed E-state index contributed by atoms with van der Waals surface area (Å²) in [6, 6.07) is 9.77. The molecule has 0 saturated carbocycles. The molecule has 4 nitrogen and oxygen atoms in total. The van der Waals surface area contributed by atoms with Crippen molar-refractivity contribution in [1.82, 2.24) is 15.3 Å². The highest BCUT2D eigenvalue weighted by Gasteiger charge is 2.10. The number of rotatable bonds is 6. The van der Waals surface area contributed by atoms with Crippen LogP contribution in [0.5, 0.6) is 0 Å². The Morgan fingerprint density at radius 1 is 1.26 bits per heavy atom. The second-order valence-electron chi connectivity index (χ2n) is 5.10. The molecule has 0 aliphatic carbocycles. The molecular weight excluding hydrogens is 326 g/mol. The van der Waals surface area contributed by atoms with Crippen LogP contribution in [0.3, 0.4) is 0 Å². The molecule has 0 aliphatic heterocycles. The van der Waals surface area contributed by atoms with Gasteiger partial charge in [0.2, 0.25) is 5.91 Å². The van der Waals surface area contributed by atoms with Crippen LogP contribution >= 0.6 is 22.7 Å². The van der Waals surface area contributed by atoms with Gasteiger partial charge in [0.25, 0.3) is 0 Å². The number of nitrogens with one attached hydrogen (secondary N) is 1. The van der Waals surface area contributed by atoms with Gasteiger partial charge in [-0.25, -0.2) is 4.98 Å². The number of hydrogen-bond donors (Lipinski definition) is 1. The zero-order valence-electron chi connectivity index (χ0n) is 12.8. The Bertz CT molecular complexity index is 767. The third-order valence-electron chi connectivity index (χ3n) is 3.37. The van der Waals surface area contributed by atoms with E-state index in [1.807, 2.05) is 42.6 Å². The fraction of sp³-hybridized carbons (Fsp3) is 0.235. The summed E-state index contributed by atoms with van der Waals surface area (Å²) in [5, 5.41) is 5.90. The van der Waals surface area contributed by atoms with Crippen LogP contribution in [0.1, 0.15) is 15.4 Å². The van der Waals surface area contributed by atoms with E-state index < -0.39 is 0 Å². The molecule has 0 aliphatic rings. The fourth-order valence-electron chi connectivity index (χ4n) is 2.21. The third kappa shape index (κ3) is 4.24. The average Bonchev–Trinajstić information content (AvgIpc) is 3.18. The number of thiazole rings is 1. The molecule has 3 aromatic heterocycles. The van der Waals surface area contributed by atoms with Gasteiger partial charge < -0.3 is 5.32 Å². The van der Waals surface area contributed by atoms with Crippen LogP contribution in [-0.2, 0) is 17.6 Å². The predicted octanol–water partition coefficient (Wildman–Crippen LogP) is 3.48. The molecule has 0 unspecified atom stereocenters. The Morgan fingerprint density at radius 2 is 2.17 bits per heavy atom. The van der Waals surface area contributed by atoms with E-state index in [1.165, 1.54) is 4.88 Å². The molecule has 3 rings (SSSR count). The lowest BCUT2D eigenvalue weighted by atomic mass is 10.3. The molecule has 0 saturated heterocycles. The SMILES string of the molecule is Cc1nc(-c2ccccn2)sc1CCNC(=O)Cc1cccs1.